The molecule has 0 atom stereocenters. The number of anilines is 1. The monoisotopic (exact) mass is 455 g/mol. The molecule has 31 heavy (non-hydrogen) atoms. The Hall–Kier alpha value is -2.56. The quantitative estimate of drug-likeness (QED) is 0.484. The highest BCUT2D eigenvalue weighted by molar-refractivity contribution is 6.42. The fourth-order valence-electron chi connectivity index (χ4n) is 3.31. The van der Waals surface area contributed by atoms with Crippen LogP contribution >= 0.6 is 23.2 Å². The van der Waals surface area contributed by atoms with E-state index in [0.717, 1.165) is 11.1 Å². The van der Waals surface area contributed by atoms with Crippen LogP contribution < -0.4 is 5.73 Å². The van der Waals surface area contributed by atoms with E-state index in [4.69, 9.17) is 28.9 Å². The molecule has 0 aliphatic rings. The molecule has 1 amide bonds. The van der Waals surface area contributed by atoms with Gasteiger partial charge in [-0.25, -0.2) is 0 Å². The highest BCUT2D eigenvalue weighted by Crippen LogP contribution is 2.25. The van der Waals surface area contributed by atoms with Gasteiger partial charge in [-0.1, -0.05) is 74.3 Å². The molecule has 3 rings (SSSR count). The van der Waals surface area contributed by atoms with Gasteiger partial charge in [0.15, 0.2) is 0 Å². The lowest BCUT2D eigenvalue weighted by molar-refractivity contribution is 0.0746. The summed E-state index contributed by atoms with van der Waals surface area (Å²) in [6.45, 7) is 7.54. The molecule has 0 saturated heterocycles. The van der Waals surface area contributed by atoms with Crippen molar-refractivity contribution in [1.29, 1.82) is 0 Å². The van der Waals surface area contributed by atoms with Gasteiger partial charge in [-0.15, -0.1) is 0 Å². The van der Waals surface area contributed by atoms with Crippen LogP contribution in [0.4, 0.5) is 5.69 Å². The van der Waals surface area contributed by atoms with Crippen molar-refractivity contribution in [2.45, 2.75) is 39.2 Å². The van der Waals surface area contributed by atoms with Crippen molar-refractivity contribution in [3.63, 3.8) is 0 Å². The number of benzene rings is 2. The van der Waals surface area contributed by atoms with Gasteiger partial charge in [-0.05, 0) is 46.7 Å². The molecule has 0 bridgehead atoms. The molecule has 1 aromatic heterocycles. The van der Waals surface area contributed by atoms with E-state index in [1.165, 1.54) is 11.8 Å². The van der Waals surface area contributed by atoms with Gasteiger partial charge in [-0.2, -0.15) is 0 Å². The van der Waals surface area contributed by atoms with Crippen molar-refractivity contribution in [3.8, 4) is 0 Å². The topological polar surface area (TPSA) is 59.2 Å². The van der Waals surface area contributed by atoms with Crippen LogP contribution in [0.3, 0.4) is 0 Å². The highest BCUT2D eigenvalue weighted by atomic mass is 35.5. The molecule has 0 saturated carbocycles. The fraction of sp³-hybridized carbons (Fsp3) is 0.280. The first-order valence-electron chi connectivity index (χ1n) is 10.2. The molecule has 162 valence electrons. The lowest BCUT2D eigenvalue weighted by Crippen LogP contribution is -2.33. The molecule has 0 aliphatic heterocycles. The third-order valence-electron chi connectivity index (χ3n) is 5.22. The van der Waals surface area contributed by atoms with Crippen LogP contribution in [0.5, 0.6) is 0 Å². The van der Waals surface area contributed by atoms with Gasteiger partial charge in [0.2, 0.25) is 0 Å². The molecule has 4 nitrogen and oxygen atoms in total. The van der Waals surface area contributed by atoms with E-state index in [1.807, 2.05) is 12.1 Å². The Morgan fingerprint density at radius 3 is 2.29 bits per heavy atom. The second-order valence-electron chi connectivity index (χ2n) is 8.64. The number of halogens is 2. The van der Waals surface area contributed by atoms with E-state index in [1.54, 1.807) is 23.2 Å². The van der Waals surface area contributed by atoms with Crippen molar-refractivity contribution in [1.82, 2.24) is 9.88 Å². The second-order valence-corrected chi connectivity index (χ2v) is 9.45. The number of aromatic nitrogens is 1. The number of carbonyl (C=O) groups is 1. The summed E-state index contributed by atoms with van der Waals surface area (Å²) < 4.78 is 0. The Kier molecular flexibility index (Phi) is 7.24. The molecule has 0 radical (unpaired) electrons. The largest absolute Gasteiger partial charge is 0.397 e. The molecule has 1 heterocycles. The zero-order valence-electron chi connectivity index (χ0n) is 18.0. The molecule has 2 N–H and O–H groups in total. The summed E-state index contributed by atoms with van der Waals surface area (Å²) in [6, 6.07) is 15.6. The summed E-state index contributed by atoms with van der Waals surface area (Å²) in [5.74, 6) is -0.125. The van der Waals surface area contributed by atoms with Crippen molar-refractivity contribution >= 4 is 34.8 Å². The first-order chi connectivity index (χ1) is 14.6. The highest BCUT2D eigenvalue weighted by Gasteiger charge is 2.19. The van der Waals surface area contributed by atoms with Gasteiger partial charge in [0.05, 0.1) is 27.5 Å². The molecule has 6 heteroatoms. The van der Waals surface area contributed by atoms with Crippen LogP contribution in [0.15, 0.2) is 60.9 Å². The summed E-state index contributed by atoms with van der Waals surface area (Å²) in [7, 11) is 0. The predicted molar refractivity (Wildman–Crippen MR) is 129 cm³/mol. The Balaban J connectivity index is 1.83. The molecular weight excluding hydrogens is 429 g/mol. The first kappa shape index (κ1) is 23.1. The maximum Gasteiger partial charge on any atom is 0.256 e. The van der Waals surface area contributed by atoms with Gasteiger partial charge in [0.25, 0.3) is 5.91 Å². The van der Waals surface area contributed by atoms with Gasteiger partial charge in [0.1, 0.15) is 0 Å². The van der Waals surface area contributed by atoms with Crippen LogP contribution in [-0.2, 0) is 18.4 Å². The van der Waals surface area contributed by atoms with Crippen LogP contribution in [0.1, 0.15) is 47.8 Å². The average Bonchev–Trinajstić information content (AvgIpc) is 2.73. The van der Waals surface area contributed by atoms with E-state index in [2.05, 4.69) is 50.0 Å². The lowest BCUT2D eigenvalue weighted by Gasteiger charge is -2.25. The van der Waals surface area contributed by atoms with Crippen LogP contribution in [0.25, 0.3) is 0 Å². The molecule has 0 unspecified atom stereocenters. The van der Waals surface area contributed by atoms with Crippen LogP contribution in [-0.4, -0.2) is 22.3 Å². The van der Waals surface area contributed by atoms with E-state index in [-0.39, 0.29) is 11.3 Å². The Morgan fingerprint density at radius 1 is 1.00 bits per heavy atom. The number of carbonyl (C=O) groups excluding carboxylic acids is 1. The Labute approximate surface area is 194 Å². The number of nitrogens with zero attached hydrogens (tertiary/aromatic N) is 2. The van der Waals surface area contributed by atoms with Gasteiger partial charge in [0, 0.05) is 19.3 Å². The zero-order chi connectivity index (χ0) is 22.6. The number of nitrogen functional groups attached to an aromatic ring is 1. The summed E-state index contributed by atoms with van der Waals surface area (Å²) in [4.78, 5) is 19.1. The van der Waals surface area contributed by atoms with Gasteiger partial charge in [-0.3, -0.25) is 9.78 Å². The standard InChI is InChI=1S/C25H27Cl2N3O/c1-25(2,3)19-7-4-18(5-8-19)16-30(24(31)20-10-12-29-15-23(20)28)13-11-17-6-9-21(26)22(27)14-17/h4-10,12,14-15H,11,13,16,28H2,1-3H3. The smallest absolute Gasteiger partial charge is 0.256 e. The van der Waals surface area contributed by atoms with Crippen molar-refractivity contribution < 1.29 is 4.79 Å². The van der Waals surface area contributed by atoms with E-state index in [0.29, 0.717) is 40.8 Å². The first-order valence-corrected chi connectivity index (χ1v) is 10.9. The minimum absolute atomic E-state index is 0.0768. The number of hydrogen-bond donors (Lipinski definition) is 1. The number of rotatable bonds is 6. The molecular formula is C25H27Cl2N3O. The average molecular weight is 456 g/mol. The minimum atomic E-state index is -0.125. The number of pyridine rings is 1. The fourth-order valence-corrected chi connectivity index (χ4v) is 3.63. The minimum Gasteiger partial charge on any atom is -0.397 e. The number of amides is 1. The van der Waals surface area contributed by atoms with Crippen LogP contribution in [0.2, 0.25) is 10.0 Å². The summed E-state index contributed by atoms with van der Waals surface area (Å²) in [5, 5.41) is 1.02. The molecule has 3 aromatic rings. The molecule has 0 fully saturated rings. The maximum absolute atomic E-state index is 13.3. The second kappa shape index (κ2) is 9.71. The summed E-state index contributed by atoms with van der Waals surface area (Å²) in [6.07, 6.45) is 3.73. The number of hydrogen-bond acceptors (Lipinski definition) is 3. The van der Waals surface area contributed by atoms with Crippen LogP contribution in [0, 0.1) is 0 Å². The predicted octanol–water partition coefficient (Wildman–Crippen LogP) is 6.15. The van der Waals surface area contributed by atoms with E-state index >= 15 is 0 Å². The van der Waals surface area contributed by atoms with Crippen molar-refractivity contribution in [2.24, 2.45) is 0 Å². The van der Waals surface area contributed by atoms with E-state index < -0.39 is 0 Å². The van der Waals surface area contributed by atoms with Gasteiger partial charge >= 0.3 is 0 Å². The molecule has 0 aliphatic carbocycles. The normalized spacial score (nSPS) is 11.4. The third-order valence-corrected chi connectivity index (χ3v) is 5.96. The maximum atomic E-state index is 13.3. The van der Waals surface area contributed by atoms with Crippen molar-refractivity contribution in [3.05, 3.63) is 93.2 Å². The lowest BCUT2D eigenvalue weighted by atomic mass is 9.87. The Morgan fingerprint density at radius 2 is 1.68 bits per heavy atom. The van der Waals surface area contributed by atoms with Crippen molar-refractivity contribution in [2.75, 3.05) is 12.3 Å². The summed E-state index contributed by atoms with van der Waals surface area (Å²) >= 11 is 12.2. The zero-order valence-corrected chi connectivity index (χ0v) is 19.5. The Bertz CT molecular complexity index is 1060. The van der Waals surface area contributed by atoms with E-state index in [9.17, 15) is 4.79 Å². The molecule has 2 aromatic carbocycles. The summed E-state index contributed by atoms with van der Waals surface area (Å²) in [5.41, 5.74) is 10.2. The third kappa shape index (κ3) is 5.99. The van der Waals surface area contributed by atoms with Gasteiger partial charge < -0.3 is 10.6 Å². The molecule has 0 spiro atoms. The number of nitrogens with two attached hydrogens (primary N) is 1. The SMILES string of the molecule is CC(C)(C)c1ccc(CN(CCc2ccc(Cl)c(Cl)c2)C(=O)c2ccncc2N)cc1.